The van der Waals surface area contributed by atoms with Gasteiger partial charge in [-0.15, -0.1) is 0 Å². The zero-order valence-corrected chi connectivity index (χ0v) is 12.2. The number of benzene rings is 2. The summed E-state index contributed by atoms with van der Waals surface area (Å²) in [6, 6.07) is 15.3. The lowest BCUT2D eigenvalue weighted by atomic mass is 10.2. The lowest BCUT2D eigenvalue weighted by Crippen LogP contribution is -2.05. The summed E-state index contributed by atoms with van der Waals surface area (Å²) < 4.78 is 16.4. The molecular weight excluding hydrogens is 266 g/mol. The first-order valence-corrected chi connectivity index (χ1v) is 6.97. The summed E-state index contributed by atoms with van der Waals surface area (Å²) in [7, 11) is 1.68. The Labute approximate surface area is 125 Å². The molecule has 0 saturated heterocycles. The number of methoxy groups -OCH3 is 1. The van der Waals surface area contributed by atoms with E-state index in [4.69, 9.17) is 19.9 Å². The number of nitrogen functional groups attached to an aromatic ring is 1. The highest BCUT2D eigenvalue weighted by atomic mass is 16.5. The van der Waals surface area contributed by atoms with E-state index in [0.717, 1.165) is 29.2 Å². The fourth-order valence-electron chi connectivity index (χ4n) is 1.89. The van der Waals surface area contributed by atoms with Crippen LogP contribution in [0.4, 0.5) is 5.69 Å². The van der Waals surface area contributed by atoms with E-state index in [1.807, 2.05) is 48.5 Å². The van der Waals surface area contributed by atoms with Crippen molar-refractivity contribution in [3.05, 3.63) is 54.1 Å². The molecule has 2 aromatic rings. The Morgan fingerprint density at radius 3 is 2.33 bits per heavy atom. The average Bonchev–Trinajstić information content (AvgIpc) is 2.50. The van der Waals surface area contributed by atoms with Crippen LogP contribution in [-0.4, -0.2) is 20.3 Å². The minimum Gasteiger partial charge on any atom is -0.493 e. The van der Waals surface area contributed by atoms with Crippen molar-refractivity contribution in [1.82, 2.24) is 0 Å². The van der Waals surface area contributed by atoms with Crippen molar-refractivity contribution < 1.29 is 14.2 Å². The van der Waals surface area contributed by atoms with Crippen LogP contribution in [0.15, 0.2) is 48.5 Å². The standard InChI is InChI=1S/C17H21NO3/c1-19-13-14-4-2-5-17(12-14)21-11-3-10-20-16-8-6-15(18)7-9-16/h2,4-9,12H,3,10-11,13,18H2,1H3. The summed E-state index contributed by atoms with van der Waals surface area (Å²) in [6.45, 7) is 1.82. The molecule has 0 aromatic heterocycles. The van der Waals surface area contributed by atoms with Gasteiger partial charge in [-0.05, 0) is 42.0 Å². The first-order chi connectivity index (χ1) is 10.3. The van der Waals surface area contributed by atoms with Crippen molar-refractivity contribution in [2.45, 2.75) is 13.0 Å². The molecule has 0 unspecified atom stereocenters. The average molecular weight is 287 g/mol. The Hall–Kier alpha value is -2.20. The molecule has 0 aliphatic heterocycles. The number of rotatable bonds is 8. The highest BCUT2D eigenvalue weighted by Gasteiger charge is 1.98. The van der Waals surface area contributed by atoms with Gasteiger partial charge in [0.2, 0.25) is 0 Å². The van der Waals surface area contributed by atoms with Crippen LogP contribution in [0, 0.1) is 0 Å². The molecule has 0 saturated carbocycles. The van der Waals surface area contributed by atoms with Crippen LogP contribution in [0.25, 0.3) is 0 Å². The maximum atomic E-state index is 5.69. The molecule has 4 nitrogen and oxygen atoms in total. The number of hydrogen-bond donors (Lipinski definition) is 1. The molecule has 0 aliphatic rings. The second-order valence-electron chi connectivity index (χ2n) is 4.70. The molecule has 0 bridgehead atoms. The molecule has 2 aromatic carbocycles. The van der Waals surface area contributed by atoms with Crippen molar-refractivity contribution in [1.29, 1.82) is 0 Å². The van der Waals surface area contributed by atoms with Gasteiger partial charge in [-0.25, -0.2) is 0 Å². The third-order valence-electron chi connectivity index (χ3n) is 2.92. The van der Waals surface area contributed by atoms with Crippen LogP contribution in [0.5, 0.6) is 11.5 Å². The van der Waals surface area contributed by atoms with Crippen LogP contribution >= 0.6 is 0 Å². The smallest absolute Gasteiger partial charge is 0.119 e. The van der Waals surface area contributed by atoms with Gasteiger partial charge in [-0.1, -0.05) is 12.1 Å². The van der Waals surface area contributed by atoms with Gasteiger partial charge >= 0.3 is 0 Å². The number of hydrogen-bond acceptors (Lipinski definition) is 4. The Morgan fingerprint density at radius 2 is 1.62 bits per heavy atom. The van der Waals surface area contributed by atoms with Crippen molar-refractivity contribution in [3.8, 4) is 11.5 Å². The van der Waals surface area contributed by atoms with Gasteiger partial charge < -0.3 is 19.9 Å². The summed E-state index contributed by atoms with van der Waals surface area (Å²) in [5.74, 6) is 1.68. The zero-order valence-electron chi connectivity index (χ0n) is 12.2. The Morgan fingerprint density at radius 1 is 0.905 bits per heavy atom. The molecule has 0 fully saturated rings. The van der Waals surface area contributed by atoms with Gasteiger partial charge in [0, 0.05) is 19.2 Å². The molecule has 0 heterocycles. The summed E-state index contributed by atoms with van der Waals surface area (Å²) in [6.07, 6.45) is 0.818. The first-order valence-electron chi connectivity index (χ1n) is 6.97. The molecule has 0 atom stereocenters. The SMILES string of the molecule is COCc1cccc(OCCCOc2ccc(N)cc2)c1. The molecule has 4 heteroatoms. The first kappa shape index (κ1) is 15.2. The van der Waals surface area contributed by atoms with E-state index in [-0.39, 0.29) is 0 Å². The molecule has 0 radical (unpaired) electrons. The van der Waals surface area contributed by atoms with Gasteiger partial charge in [0.05, 0.1) is 19.8 Å². The predicted molar refractivity (Wildman–Crippen MR) is 83.6 cm³/mol. The predicted octanol–water partition coefficient (Wildman–Crippen LogP) is 3.26. The van der Waals surface area contributed by atoms with Gasteiger partial charge in [0.1, 0.15) is 11.5 Å². The molecule has 112 valence electrons. The minimum absolute atomic E-state index is 0.595. The summed E-state index contributed by atoms with van der Waals surface area (Å²) in [5.41, 5.74) is 7.46. The third kappa shape index (κ3) is 5.36. The minimum atomic E-state index is 0.595. The van der Waals surface area contributed by atoms with Gasteiger partial charge in [-0.3, -0.25) is 0 Å². The van der Waals surface area contributed by atoms with Gasteiger partial charge in [0.15, 0.2) is 0 Å². The van der Waals surface area contributed by atoms with Crippen molar-refractivity contribution in [3.63, 3.8) is 0 Å². The third-order valence-corrected chi connectivity index (χ3v) is 2.92. The van der Waals surface area contributed by atoms with Crippen LogP contribution in [0.1, 0.15) is 12.0 Å². The van der Waals surface area contributed by atoms with Gasteiger partial charge in [0.25, 0.3) is 0 Å². The fraction of sp³-hybridized carbons (Fsp3) is 0.294. The Bertz CT molecular complexity index is 540. The molecule has 0 amide bonds. The topological polar surface area (TPSA) is 53.7 Å². The monoisotopic (exact) mass is 287 g/mol. The van der Waals surface area contributed by atoms with E-state index in [1.54, 1.807) is 7.11 Å². The van der Waals surface area contributed by atoms with Crippen LogP contribution in [-0.2, 0) is 11.3 Å². The van der Waals surface area contributed by atoms with E-state index < -0.39 is 0 Å². The second kappa shape index (κ2) is 8.17. The largest absolute Gasteiger partial charge is 0.493 e. The summed E-state index contributed by atoms with van der Waals surface area (Å²) in [5, 5.41) is 0. The highest BCUT2D eigenvalue weighted by Crippen LogP contribution is 2.15. The zero-order chi connectivity index (χ0) is 14.9. The Kier molecular flexibility index (Phi) is 5.91. The van der Waals surface area contributed by atoms with E-state index >= 15 is 0 Å². The summed E-state index contributed by atoms with van der Waals surface area (Å²) >= 11 is 0. The molecule has 2 rings (SSSR count). The van der Waals surface area contributed by atoms with E-state index in [1.165, 1.54) is 0 Å². The van der Waals surface area contributed by atoms with Gasteiger partial charge in [-0.2, -0.15) is 0 Å². The molecule has 2 N–H and O–H groups in total. The molecule has 21 heavy (non-hydrogen) atoms. The van der Waals surface area contributed by atoms with Crippen molar-refractivity contribution in [2.75, 3.05) is 26.1 Å². The quantitative estimate of drug-likeness (QED) is 0.598. The van der Waals surface area contributed by atoms with Crippen LogP contribution < -0.4 is 15.2 Å². The number of nitrogens with two attached hydrogens (primary N) is 1. The van der Waals surface area contributed by atoms with E-state index in [2.05, 4.69) is 0 Å². The van der Waals surface area contributed by atoms with Crippen LogP contribution in [0.2, 0.25) is 0 Å². The molecular formula is C17H21NO3. The van der Waals surface area contributed by atoms with Crippen LogP contribution in [0.3, 0.4) is 0 Å². The number of ether oxygens (including phenoxy) is 3. The van der Waals surface area contributed by atoms with E-state index in [0.29, 0.717) is 19.8 Å². The lowest BCUT2D eigenvalue weighted by molar-refractivity contribution is 0.184. The fourth-order valence-corrected chi connectivity index (χ4v) is 1.89. The van der Waals surface area contributed by atoms with Crippen molar-refractivity contribution in [2.24, 2.45) is 0 Å². The lowest BCUT2D eigenvalue weighted by Gasteiger charge is -2.09. The second-order valence-corrected chi connectivity index (χ2v) is 4.70. The maximum absolute atomic E-state index is 5.69. The van der Waals surface area contributed by atoms with E-state index in [9.17, 15) is 0 Å². The van der Waals surface area contributed by atoms with Crippen molar-refractivity contribution >= 4 is 5.69 Å². The maximum Gasteiger partial charge on any atom is 0.119 e. The normalized spacial score (nSPS) is 10.3. The molecule has 0 spiro atoms. The molecule has 0 aliphatic carbocycles. The summed E-state index contributed by atoms with van der Waals surface area (Å²) in [4.78, 5) is 0. The Balaban J connectivity index is 1.67. The highest BCUT2D eigenvalue weighted by molar-refractivity contribution is 5.41. The number of anilines is 1.